The molecule has 2 heterocycles. The fraction of sp³-hybridized carbons (Fsp3) is 0.133. The van der Waals surface area contributed by atoms with Crippen molar-refractivity contribution in [2.24, 2.45) is 0 Å². The predicted octanol–water partition coefficient (Wildman–Crippen LogP) is 3.66. The average molecular weight is 382 g/mol. The van der Waals surface area contributed by atoms with Gasteiger partial charge in [0.25, 0.3) is 5.22 Å². The third kappa shape index (κ3) is 4.50. The lowest BCUT2D eigenvalue weighted by atomic mass is 10.3. The van der Waals surface area contributed by atoms with Crippen LogP contribution in [0.2, 0.25) is 5.02 Å². The standard InChI is InChI=1S/C15H12ClN3O3S2/c16-9-3-4-12-11(6-9)18-15(22-12)24-8-13(20)19-14(21)17-7-10-2-1-5-23-10/h1-6H,7-8H2,(H2,17,19,20,21). The minimum atomic E-state index is -0.529. The molecule has 0 spiro atoms. The van der Waals surface area contributed by atoms with E-state index in [1.54, 1.807) is 18.2 Å². The predicted molar refractivity (Wildman–Crippen MR) is 94.4 cm³/mol. The Bertz CT molecular complexity index is 864. The van der Waals surface area contributed by atoms with Gasteiger partial charge in [0.2, 0.25) is 5.91 Å². The van der Waals surface area contributed by atoms with Crippen LogP contribution in [0.25, 0.3) is 11.1 Å². The summed E-state index contributed by atoms with van der Waals surface area (Å²) in [6, 6.07) is 8.37. The normalized spacial score (nSPS) is 10.7. The van der Waals surface area contributed by atoms with Crippen LogP contribution < -0.4 is 10.6 Å². The summed E-state index contributed by atoms with van der Waals surface area (Å²) in [5.41, 5.74) is 1.22. The number of hydrogen-bond acceptors (Lipinski definition) is 6. The molecule has 2 N–H and O–H groups in total. The molecule has 3 amide bonds. The van der Waals surface area contributed by atoms with E-state index in [0.717, 1.165) is 16.6 Å². The van der Waals surface area contributed by atoms with E-state index in [2.05, 4.69) is 15.6 Å². The number of imide groups is 1. The molecule has 0 saturated carbocycles. The first kappa shape index (κ1) is 16.8. The van der Waals surface area contributed by atoms with Crippen LogP contribution in [0.5, 0.6) is 0 Å². The minimum Gasteiger partial charge on any atom is -0.431 e. The van der Waals surface area contributed by atoms with Gasteiger partial charge in [-0.15, -0.1) is 11.3 Å². The number of aromatic nitrogens is 1. The average Bonchev–Trinajstić information content (AvgIpc) is 3.19. The number of hydrogen-bond donors (Lipinski definition) is 2. The molecule has 2 aromatic heterocycles. The van der Waals surface area contributed by atoms with Crippen molar-refractivity contribution in [3.05, 3.63) is 45.6 Å². The Morgan fingerprint density at radius 1 is 1.33 bits per heavy atom. The number of amides is 3. The van der Waals surface area contributed by atoms with Gasteiger partial charge in [-0.2, -0.15) is 0 Å². The molecule has 9 heteroatoms. The number of halogens is 1. The number of thiophene rings is 1. The van der Waals surface area contributed by atoms with Gasteiger partial charge in [-0.3, -0.25) is 10.1 Å². The quantitative estimate of drug-likeness (QED) is 0.659. The lowest BCUT2D eigenvalue weighted by Crippen LogP contribution is -2.39. The van der Waals surface area contributed by atoms with Crippen LogP contribution in [-0.2, 0) is 11.3 Å². The van der Waals surface area contributed by atoms with Crippen molar-refractivity contribution in [2.45, 2.75) is 11.8 Å². The zero-order chi connectivity index (χ0) is 16.9. The van der Waals surface area contributed by atoms with Crippen molar-refractivity contribution in [1.29, 1.82) is 0 Å². The van der Waals surface area contributed by atoms with Crippen molar-refractivity contribution in [2.75, 3.05) is 5.75 Å². The molecule has 0 aliphatic heterocycles. The number of urea groups is 1. The first-order valence-corrected chi connectivity index (χ1v) is 9.13. The maximum atomic E-state index is 11.8. The van der Waals surface area contributed by atoms with Crippen molar-refractivity contribution >= 4 is 57.7 Å². The Labute approximate surface area is 150 Å². The van der Waals surface area contributed by atoms with Crippen LogP contribution >= 0.6 is 34.7 Å². The number of benzene rings is 1. The number of nitrogens with one attached hydrogen (secondary N) is 2. The molecule has 6 nitrogen and oxygen atoms in total. The summed E-state index contributed by atoms with van der Waals surface area (Å²) in [6.07, 6.45) is 0. The van der Waals surface area contributed by atoms with Gasteiger partial charge in [-0.25, -0.2) is 9.78 Å². The molecule has 1 aromatic carbocycles. The van der Waals surface area contributed by atoms with Gasteiger partial charge < -0.3 is 9.73 Å². The first-order chi connectivity index (χ1) is 11.6. The van der Waals surface area contributed by atoms with Gasteiger partial charge in [-0.05, 0) is 29.6 Å². The van der Waals surface area contributed by atoms with Crippen LogP contribution in [0.1, 0.15) is 4.88 Å². The number of nitrogens with zero attached hydrogens (tertiary/aromatic N) is 1. The van der Waals surface area contributed by atoms with Crippen molar-refractivity contribution in [1.82, 2.24) is 15.6 Å². The highest BCUT2D eigenvalue weighted by molar-refractivity contribution is 7.99. The highest BCUT2D eigenvalue weighted by Gasteiger charge is 2.12. The summed E-state index contributed by atoms with van der Waals surface area (Å²) in [6.45, 7) is 0.385. The van der Waals surface area contributed by atoms with Crippen molar-refractivity contribution < 1.29 is 14.0 Å². The van der Waals surface area contributed by atoms with E-state index in [4.69, 9.17) is 16.0 Å². The molecular formula is C15H12ClN3O3S2. The van der Waals surface area contributed by atoms with Gasteiger partial charge in [0.15, 0.2) is 5.58 Å². The smallest absolute Gasteiger partial charge is 0.321 e. The summed E-state index contributed by atoms with van der Waals surface area (Å²) >= 11 is 8.52. The fourth-order valence-electron chi connectivity index (χ4n) is 1.86. The number of carbonyl (C=O) groups excluding carboxylic acids is 2. The Kier molecular flexibility index (Phi) is 5.39. The minimum absolute atomic E-state index is 0.0208. The SMILES string of the molecule is O=C(CSc1nc2cc(Cl)ccc2o1)NC(=O)NCc1cccs1. The number of rotatable bonds is 5. The highest BCUT2D eigenvalue weighted by atomic mass is 35.5. The second kappa shape index (κ2) is 7.69. The lowest BCUT2D eigenvalue weighted by molar-refractivity contribution is -0.117. The molecule has 0 radical (unpaired) electrons. The zero-order valence-electron chi connectivity index (χ0n) is 12.2. The molecule has 24 heavy (non-hydrogen) atoms. The number of oxazole rings is 1. The van der Waals surface area contributed by atoms with E-state index in [-0.39, 0.29) is 5.75 Å². The van der Waals surface area contributed by atoms with E-state index in [1.165, 1.54) is 11.3 Å². The van der Waals surface area contributed by atoms with Gasteiger partial charge >= 0.3 is 6.03 Å². The van der Waals surface area contributed by atoms with Crippen LogP contribution in [0.3, 0.4) is 0 Å². The highest BCUT2D eigenvalue weighted by Crippen LogP contribution is 2.25. The van der Waals surface area contributed by atoms with Crippen molar-refractivity contribution in [3.8, 4) is 0 Å². The summed E-state index contributed by atoms with van der Waals surface area (Å²) in [4.78, 5) is 28.7. The third-order valence-electron chi connectivity index (χ3n) is 2.91. The Balaban J connectivity index is 1.46. The summed E-state index contributed by atoms with van der Waals surface area (Å²) in [7, 11) is 0. The maximum Gasteiger partial charge on any atom is 0.321 e. The van der Waals surface area contributed by atoms with E-state index in [0.29, 0.717) is 27.9 Å². The Hall–Kier alpha value is -2.03. The summed E-state index contributed by atoms with van der Waals surface area (Å²) < 4.78 is 5.49. The molecule has 3 rings (SSSR count). The van der Waals surface area contributed by atoms with Crippen LogP contribution in [0, 0.1) is 0 Å². The second-order valence-electron chi connectivity index (χ2n) is 4.69. The molecule has 124 valence electrons. The largest absolute Gasteiger partial charge is 0.431 e. The van der Waals surface area contributed by atoms with E-state index in [1.807, 2.05) is 17.5 Å². The van der Waals surface area contributed by atoms with Gasteiger partial charge in [0, 0.05) is 9.90 Å². The Morgan fingerprint density at radius 3 is 3.00 bits per heavy atom. The number of carbonyl (C=O) groups is 2. The monoisotopic (exact) mass is 381 g/mol. The molecule has 0 unspecified atom stereocenters. The topological polar surface area (TPSA) is 84.2 Å². The van der Waals surface area contributed by atoms with Gasteiger partial charge in [0.1, 0.15) is 5.52 Å². The molecule has 0 fully saturated rings. The summed E-state index contributed by atoms with van der Waals surface area (Å²) in [5.74, 6) is -0.406. The summed E-state index contributed by atoms with van der Waals surface area (Å²) in [5, 5.41) is 7.71. The molecule has 3 aromatic rings. The van der Waals surface area contributed by atoms with E-state index < -0.39 is 11.9 Å². The zero-order valence-corrected chi connectivity index (χ0v) is 14.6. The molecule has 0 aliphatic rings. The van der Waals surface area contributed by atoms with Crippen LogP contribution in [0.4, 0.5) is 4.79 Å². The molecular weight excluding hydrogens is 370 g/mol. The van der Waals surface area contributed by atoms with E-state index >= 15 is 0 Å². The fourth-order valence-corrected chi connectivity index (χ4v) is 3.31. The Morgan fingerprint density at radius 2 is 2.21 bits per heavy atom. The molecule has 0 bridgehead atoms. The molecule has 0 aliphatic carbocycles. The second-order valence-corrected chi connectivity index (χ2v) is 7.09. The van der Waals surface area contributed by atoms with Gasteiger partial charge in [-0.1, -0.05) is 29.4 Å². The number of fused-ring (bicyclic) bond motifs is 1. The van der Waals surface area contributed by atoms with E-state index in [9.17, 15) is 9.59 Å². The maximum absolute atomic E-state index is 11.8. The van der Waals surface area contributed by atoms with Gasteiger partial charge in [0.05, 0.1) is 12.3 Å². The third-order valence-corrected chi connectivity index (χ3v) is 4.85. The molecule has 0 atom stereocenters. The van der Waals surface area contributed by atoms with Crippen LogP contribution in [0.15, 0.2) is 45.4 Å². The number of thioether (sulfide) groups is 1. The molecule has 0 saturated heterocycles. The first-order valence-electron chi connectivity index (χ1n) is 6.89. The lowest BCUT2D eigenvalue weighted by Gasteiger charge is -2.04. The van der Waals surface area contributed by atoms with Crippen LogP contribution in [-0.4, -0.2) is 22.7 Å². The van der Waals surface area contributed by atoms with Crippen molar-refractivity contribution in [3.63, 3.8) is 0 Å².